The third kappa shape index (κ3) is 2.80. The molecule has 0 spiro atoms. The Morgan fingerprint density at radius 1 is 1.00 bits per heavy atom. The monoisotopic (exact) mass is 308 g/mol. The van der Waals surface area contributed by atoms with E-state index in [0.717, 1.165) is 30.0 Å². The van der Waals surface area contributed by atoms with Crippen molar-refractivity contribution in [3.8, 4) is 22.7 Å². The van der Waals surface area contributed by atoms with Gasteiger partial charge in [-0.15, -0.1) is 0 Å². The average Bonchev–Trinajstić information content (AvgIpc) is 3.17. The maximum atomic E-state index is 5.56. The lowest BCUT2D eigenvalue weighted by Crippen LogP contribution is -2.37. The van der Waals surface area contributed by atoms with Gasteiger partial charge >= 0.3 is 0 Å². The predicted molar refractivity (Wildman–Crippen MR) is 86.0 cm³/mol. The van der Waals surface area contributed by atoms with Gasteiger partial charge in [-0.1, -0.05) is 6.07 Å². The molecule has 0 aromatic carbocycles. The number of nitrogens with zero attached hydrogens (tertiary/aromatic N) is 4. The van der Waals surface area contributed by atoms with Crippen molar-refractivity contribution in [3.63, 3.8) is 0 Å². The van der Waals surface area contributed by atoms with Gasteiger partial charge in [-0.25, -0.2) is 9.97 Å². The Morgan fingerprint density at radius 2 is 1.91 bits per heavy atom. The van der Waals surface area contributed by atoms with Crippen LogP contribution in [0.1, 0.15) is 0 Å². The molecular formula is C17H16N4O2. The number of pyridine rings is 1. The molecule has 1 fully saturated rings. The van der Waals surface area contributed by atoms with E-state index in [1.165, 1.54) is 0 Å². The molecule has 4 heterocycles. The number of hydrogen-bond acceptors (Lipinski definition) is 6. The topological polar surface area (TPSA) is 64.3 Å². The molecule has 0 bridgehead atoms. The zero-order valence-electron chi connectivity index (χ0n) is 12.6. The minimum Gasteiger partial charge on any atom is -0.463 e. The number of anilines is 1. The number of morpholine rings is 1. The minimum atomic E-state index is 0.694. The third-order valence-corrected chi connectivity index (χ3v) is 3.77. The molecule has 1 aliphatic heterocycles. The Balaban J connectivity index is 1.80. The van der Waals surface area contributed by atoms with Crippen LogP contribution in [0.5, 0.6) is 0 Å². The summed E-state index contributed by atoms with van der Waals surface area (Å²) in [6.45, 7) is 2.98. The first-order valence-electron chi connectivity index (χ1n) is 7.57. The molecule has 0 radical (unpaired) electrons. The molecule has 0 unspecified atom stereocenters. The maximum absolute atomic E-state index is 5.56. The first-order valence-corrected chi connectivity index (χ1v) is 7.57. The summed E-state index contributed by atoms with van der Waals surface area (Å²) in [5, 5.41) is 0. The van der Waals surface area contributed by atoms with Crippen molar-refractivity contribution < 1.29 is 9.15 Å². The largest absolute Gasteiger partial charge is 0.463 e. The van der Waals surface area contributed by atoms with Crippen LogP contribution in [0.25, 0.3) is 22.7 Å². The molecule has 0 atom stereocenters. The van der Waals surface area contributed by atoms with E-state index in [0.29, 0.717) is 24.9 Å². The highest BCUT2D eigenvalue weighted by molar-refractivity contribution is 5.76. The van der Waals surface area contributed by atoms with Crippen LogP contribution in [-0.4, -0.2) is 41.3 Å². The second-order valence-electron chi connectivity index (χ2n) is 5.22. The van der Waals surface area contributed by atoms with E-state index in [4.69, 9.17) is 14.1 Å². The quantitative estimate of drug-likeness (QED) is 0.741. The lowest BCUT2D eigenvalue weighted by Gasteiger charge is -2.27. The Hall–Kier alpha value is -2.73. The second-order valence-corrected chi connectivity index (χ2v) is 5.22. The highest BCUT2D eigenvalue weighted by Gasteiger charge is 2.19. The fourth-order valence-corrected chi connectivity index (χ4v) is 2.60. The molecule has 23 heavy (non-hydrogen) atoms. The van der Waals surface area contributed by atoms with Gasteiger partial charge in [-0.2, -0.15) is 0 Å². The SMILES string of the molecule is c1ccc(-c2cnc(N3CCOCC3)nc2-c2ccco2)nc1. The summed E-state index contributed by atoms with van der Waals surface area (Å²) < 4.78 is 11.0. The number of furan rings is 1. The molecule has 0 aliphatic carbocycles. The fraction of sp³-hybridized carbons (Fsp3) is 0.235. The van der Waals surface area contributed by atoms with Crippen LogP contribution in [0.15, 0.2) is 53.4 Å². The van der Waals surface area contributed by atoms with Gasteiger partial charge in [0.1, 0.15) is 5.69 Å². The van der Waals surface area contributed by atoms with Crippen molar-refractivity contribution in [2.75, 3.05) is 31.2 Å². The van der Waals surface area contributed by atoms with Crippen LogP contribution < -0.4 is 4.90 Å². The Bertz CT molecular complexity index is 769. The van der Waals surface area contributed by atoms with Gasteiger partial charge in [-0.3, -0.25) is 4.98 Å². The molecule has 0 amide bonds. The molecule has 3 aromatic heterocycles. The number of hydrogen-bond donors (Lipinski definition) is 0. The predicted octanol–water partition coefficient (Wildman–Crippen LogP) is 2.64. The smallest absolute Gasteiger partial charge is 0.226 e. The summed E-state index contributed by atoms with van der Waals surface area (Å²) in [6.07, 6.45) is 5.23. The van der Waals surface area contributed by atoms with E-state index in [-0.39, 0.29) is 0 Å². The van der Waals surface area contributed by atoms with E-state index in [2.05, 4.69) is 14.9 Å². The van der Waals surface area contributed by atoms with Gasteiger partial charge < -0.3 is 14.1 Å². The third-order valence-electron chi connectivity index (χ3n) is 3.77. The average molecular weight is 308 g/mol. The first-order chi connectivity index (χ1) is 11.4. The number of rotatable bonds is 3. The highest BCUT2D eigenvalue weighted by Crippen LogP contribution is 2.30. The molecule has 0 N–H and O–H groups in total. The summed E-state index contributed by atoms with van der Waals surface area (Å²) >= 11 is 0. The summed E-state index contributed by atoms with van der Waals surface area (Å²) in [5.41, 5.74) is 2.44. The van der Waals surface area contributed by atoms with E-state index in [1.807, 2.05) is 36.5 Å². The standard InChI is InChI=1S/C17H16N4O2/c1-2-6-18-14(4-1)13-12-19-17(21-7-10-22-11-8-21)20-16(13)15-5-3-9-23-15/h1-6,9,12H,7-8,10-11H2. The van der Waals surface area contributed by atoms with E-state index >= 15 is 0 Å². The minimum absolute atomic E-state index is 0.694. The normalized spacial score (nSPS) is 14.9. The molecule has 4 rings (SSSR count). The van der Waals surface area contributed by atoms with Crippen molar-refractivity contribution in [2.24, 2.45) is 0 Å². The van der Waals surface area contributed by atoms with E-state index in [1.54, 1.807) is 12.5 Å². The second kappa shape index (κ2) is 6.18. The van der Waals surface area contributed by atoms with Gasteiger partial charge in [0.15, 0.2) is 5.76 Å². The maximum Gasteiger partial charge on any atom is 0.226 e. The summed E-state index contributed by atoms with van der Waals surface area (Å²) in [6, 6.07) is 9.54. The van der Waals surface area contributed by atoms with Crippen molar-refractivity contribution in [1.82, 2.24) is 15.0 Å². The zero-order valence-corrected chi connectivity index (χ0v) is 12.6. The lowest BCUT2D eigenvalue weighted by atomic mass is 10.1. The molecule has 6 nitrogen and oxygen atoms in total. The lowest BCUT2D eigenvalue weighted by molar-refractivity contribution is 0.122. The molecule has 116 valence electrons. The van der Waals surface area contributed by atoms with Gasteiger partial charge in [-0.05, 0) is 24.3 Å². The molecule has 6 heteroatoms. The molecule has 1 aliphatic rings. The molecule has 3 aromatic rings. The van der Waals surface area contributed by atoms with E-state index < -0.39 is 0 Å². The van der Waals surface area contributed by atoms with Gasteiger partial charge in [0, 0.05) is 31.0 Å². The van der Waals surface area contributed by atoms with Gasteiger partial charge in [0.2, 0.25) is 5.95 Å². The van der Waals surface area contributed by atoms with Crippen molar-refractivity contribution in [1.29, 1.82) is 0 Å². The van der Waals surface area contributed by atoms with E-state index in [9.17, 15) is 0 Å². The van der Waals surface area contributed by atoms with Crippen molar-refractivity contribution >= 4 is 5.95 Å². The van der Waals surface area contributed by atoms with Crippen molar-refractivity contribution in [3.05, 3.63) is 49.0 Å². The molecular weight excluding hydrogens is 292 g/mol. The molecule has 0 saturated carbocycles. The van der Waals surface area contributed by atoms with Crippen LogP contribution in [0.2, 0.25) is 0 Å². The van der Waals surface area contributed by atoms with Crippen LogP contribution >= 0.6 is 0 Å². The van der Waals surface area contributed by atoms with Gasteiger partial charge in [0.25, 0.3) is 0 Å². The van der Waals surface area contributed by atoms with Crippen LogP contribution in [0.4, 0.5) is 5.95 Å². The summed E-state index contributed by atoms with van der Waals surface area (Å²) in [5.74, 6) is 1.40. The summed E-state index contributed by atoms with van der Waals surface area (Å²) in [4.78, 5) is 15.8. The van der Waals surface area contributed by atoms with Crippen LogP contribution in [-0.2, 0) is 4.74 Å². The van der Waals surface area contributed by atoms with Crippen LogP contribution in [0, 0.1) is 0 Å². The number of aromatic nitrogens is 3. The first kappa shape index (κ1) is 13.9. The Kier molecular flexibility index (Phi) is 3.73. The van der Waals surface area contributed by atoms with Crippen LogP contribution in [0.3, 0.4) is 0 Å². The zero-order chi connectivity index (χ0) is 15.5. The molecule has 1 saturated heterocycles. The van der Waals surface area contributed by atoms with Crippen molar-refractivity contribution in [2.45, 2.75) is 0 Å². The van der Waals surface area contributed by atoms with Gasteiger partial charge in [0.05, 0.1) is 25.2 Å². The highest BCUT2D eigenvalue weighted by atomic mass is 16.5. The Labute approximate surface area is 133 Å². The summed E-state index contributed by atoms with van der Waals surface area (Å²) in [7, 11) is 0. The Morgan fingerprint density at radius 3 is 2.65 bits per heavy atom. The number of ether oxygens (including phenoxy) is 1. The fourth-order valence-electron chi connectivity index (χ4n) is 2.60.